The minimum atomic E-state index is -1.12. The molecule has 152 valence electrons. The molecule has 3 N–H and O–H groups in total. The predicted octanol–water partition coefficient (Wildman–Crippen LogP) is 1.83. The smallest absolute Gasteiger partial charge is 0.167 e. The third-order valence-corrected chi connectivity index (χ3v) is 6.26. The number of aliphatic hydroxyl groups is 2. The minimum absolute atomic E-state index is 0.0880. The number of aromatic nitrogens is 4. The van der Waals surface area contributed by atoms with Crippen LogP contribution >= 0.6 is 11.6 Å². The van der Waals surface area contributed by atoms with Crippen LogP contribution in [0, 0.1) is 0 Å². The Hall–Kier alpha value is -2.26. The van der Waals surface area contributed by atoms with Crippen molar-refractivity contribution in [3.63, 3.8) is 0 Å². The molecule has 3 aromatic rings. The lowest BCUT2D eigenvalue weighted by Crippen LogP contribution is -2.32. The van der Waals surface area contributed by atoms with Crippen molar-refractivity contribution in [2.45, 2.75) is 42.8 Å². The molecule has 0 unspecified atom stereocenters. The highest BCUT2D eigenvalue weighted by atomic mass is 35.5. The highest BCUT2D eigenvalue weighted by Crippen LogP contribution is 2.48. The molecule has 0 spiro atoms. The van der Waals surface area contributed by atoms with Gasteiger partial charge in [-0.1, -0.05) is 30.3 Å². The zero-order valence-electron chi connectivity index (χ0n) is 15.6. The molecule has 1 saturated heterocycles. The van der Waals surface area contributed by atoms with E-state index in [0.717, 1.165) is 19.4 Å². The van der Waals surface area contributed by atoms with E-state index < -0.39 is 24.5 Å². The zero-order valence-corrected chi connectivity index (χ0v) is 16.4. The van der Waals surface area contributed by atoms with Crippen molar-refractivity contribution in [3.05, 3.63) is 48.5 Å². The maximum absolute atomic E-state index is 10.4. The Morgan fingerprint density at radius 3 is 2.62 bits per heavy atom. The molecule has 9 heteroatoms. The number of rotatable bonds is 6. The number of hydrogen-bond donors (Lipinski definition) is 3. The summed E-state index contributed by atoms with van der Waals surface area (Å²) in [4.78, 5) is 13.1. The summed E-state index contributed by atoms with van der Waals surface area (Å²) in [6.45, 7) is 0.756. The van der Waals surface area contributed by atoms with Crippen molar-refractivity contribution < 1.29 is 14.9 Å². The van der Waals surface area contributed by atoms with Crippen LogP contribution < -0.4 is 5.32 Å². The molecule has 3 heterocycles. The first kappa shape index (κ1) is 18.7. The summed E-state index contributed by atoms with van der Waals surface area (Å²) in [5, 5.41) is 23.9. The Morgan fingerprint density at radius 1 is 1.14 bits per heavy atom. The zero-order chi connectivity index (χ0) is 20.0. The van der Waals surface area contributed by atoms with E-state index in [9.17, 15) is 10.2 Å². The van der Waals surface area contributed by atoms with E-state index in [0.29, 0.717) is 17.0 Å². The maximum Gasteiger partial charge on any atom is 0.167 e. The van der Waals surface area contributed by atoms with E-state index >= 15 is 0 Å². The number of imidazole rings is 1. The number of nitrogens with one attached hydrogen (secondary N) is 1. The van der Waals surface area contributed by atoms with Gasteiger partial charge in [0.15, 0.2) is 23.2 Å². The van der Waals surface area contributed by atoms with Crippen molar-refractivity contribution >= 4 is 28.6 Å². The molecule has 0 radical (unpaired) electrons. The second-order valence-corrected chi connectivity index (χ2v) is 8.06. The van der Waals surface area contributed by atoms with Crippen molar-refractivity contribution in [1.82, 2.24) is 19.5 Å². The van der Waals surface area contributed by atoms with Gasteiger partial charge in [-0.05, 0) is 18.4 Å². The molecule has 5 rings (SSSR count). The molecule has 1 aliphatic heterocycles. The minimum Gasteiger partial charge on any atom is -0.387 e. The fourth-order valence-electron chi connectivity index (χ4n) is 4.02. The average molecular weight is 416 g/mol. The number of anilines is 1. The first-order chi connectivity index (χ1) is 14.1. The van der Waals surface area contributed by atoms with Crippen LogP contribution in [0.15, 0.2) is 43.0 Å². The lowest BCUT2D eigenvalue weighted by molar-refractivity contribution is -0.0291. The van der Waals surface area contributed by atoms with Crippen LogP contribution in [0.4, 0.5) is 5.82 Å². The van der Waals surface area contributed by atoms with Crippen LogP contribution in [0.3, 0.4) is 0 Å². The van der Waals surface area contributed by atoms with Gasteiger partial charge in [0.05, 0.1) is 12.2 Å². The van der Waals surface area contributed by atoms with E-state index in [1.165, 1.54) is 11.9 Å². The van der Waals surface area contributed by atoms with Gasteiger partial charge in [-0.3, -0.25) is 4.57 Å². The van der Waals surface area contributed by atoms with Gasteiger partial charge in [0.2, 0.25) is 0 Å². The number of aliphatic hydroxyl groups excluding tert-OH is 2. The molecule has 29 heavy (non-hydrogen) atoms. The Kier molecular flexibility index (Phi) is 4.66. The molecule has 2 aliphatic rings. The van der Waals surface area contributed by atoms with Crippen LogP contribution in [0.25, 0.3) is 11.2 Å². The quantitative estimate of drug-likeness (QED) is 0.527. The monoisotopic (exact) mass is 415 g/mol. The van der Waals surface area contributed by atoms with Crippen LogP contribution in [0.1, 0.15) is 24.6 Å². The third kappa shape index (κ3) is 3.16. The van der Waals surface area contributed by atoms with E-state index in [1.54, 1.807) is 10.9 Å². The standard InChI is InChI=1S/C20H22ClN5O3/c21-8-13-15(27)16(28)19(29-13)26-11-25-14-17(23-10-24-18(14)26)22-9-20(6-7-20)12-4-2-1-3-5-12/h1-5,10-11,13,15-16,19,27-28H,6-9H2,(H,22,23,24)/t13-,15-,16-,19-/m1/s1. The normalized spacial score (nSPS) is 28.0. The average Bonchev–Trinajstić information content (AvgIpc) is 3.35. The number of halogens is 1. The molecule has 1 saturated carbocycles. The van der Waals surface area contributed by atoms with Gasteiger partial charge >= 0.3 is 0 Å². The Bertz CT molecular complexity index is 1010. The van der Waals surface area contributed by atoms with Gasteiger partial charge in [0.25, 0.3) is 0 Å². The van der Waals surface area contributed by atoms with Crippen molar-refractivity contribution in [3.8, 4) is 0 Å². The predicted molar refractivity (Wildman–Crippen MR) is 108 cm³/mol. The summed E-state index contributed by atoms with van der Waals surface area (Å²) in [6, 6.07) is 10.5. The maximum atomic E-state index is 10.4. The summed E-state index contributed by atoms with van der Waals surface area (Å²) < 4.78 is 7.34. The van der Waals surface area contributed by atoms with Crippen LogP contribution in [0.5, 0.6) is 0 Å². The highest BCUT2D eigenvalue weighted by Gasteiger charge is 2.45. The fraction of sp³-hybridized carbons (Fsp3) is 0.450. The molecule has 0 amide bonds. The molecule has 1 aromatic carbocycles. The van der Waals surface area contributed by atoms with Crippen LogP contribution in [-0.4, -0.2) is 60.5 Å². The third-order valence-electron chi connectivity index (χ3n) is 5.96. The Labute approximate surface area is 172 Å². The van der Waals surface area contributed by atoms with Gasteiger partial charge in [-0.15, -0.1) is 11.6 Å². The van der Waals surface area contributed by atoms with Gasteiger partial charge in [0.1, 0.15) is 24.6 Å². The topological polar surface area (TPSA) is 105 Å². The van der Waals surface area contributed by atoms with Gasteiger partial charge in [0, 0.05) is 12.0 Å². The van der Waals surface area contributed by atoms with E-state index in [4.69, 9.17) is 16.3 Å². The number of benzene rings is 1. The molecular formula is C20H22ClN5O3. The fourth-order valence-corrected chi connectivity index (χ4v) is 4.27. The molecule has 0 bridgehead atoms. The number of nitrogens with zero attached hydrogens (tertiary/aromatic N) is 4. The van der Waals surface area contributed by atoms with Crippen LogP contribution in [0.2, 0.25) is 0 Å². The van der Waals surface area contributed by atoms with E-state index in [-0.39, 0.29) is 11.3 Å². The summed E-state index contributed by atoms with van der Waals surface area (Å²) in [5.41, 5.74) is 2.57. The lowest BCUT2D eigenvalue weighted by atomic mass is 9.96. The van der Waals surface area contributed by atoms with Gasteiger partial charge < -0.3 is 20.3 Å². The first-order valence-corrected chi connectivity index (χ1v) is 10.2. The number of ether oxygens (including phenoxy) is 1. The SMILES string of the molecule is O[C@@H]1[C@H](O)[C@@H](CCl)O[C@H]1n1cnc2c(NCC3(c4ccccc4)CC3)ncnc21. The summed E-state index contributed by atoms with van der Waals surface area (Å²) >= 11 is 5.82. The van der Waals surface area contributed by atoms with E-state index in [1.807, 2.05) is 6.07 Å². The van der Waals surface area contributed by atoms with Crippen LogP contribution in [-0.2, 0) is 10.2 Å². The van der Waals surface area contributed by atoms with E-state index in [2.05, 4.69) is 44.5 Å². The largest absolute Gasteiger partial charge is 0.387 e. The number of hydrogen-bond acceptors (Lipinski definition) is 7. The molecule has 2 aromatic heterocycles. The molecule has 4 atom stereocenters. The number of fused-ring (bicyclic) bond motifs is 1. The molecule has 1 aliphatic carbocycles. The Balaban J connectivity index is 1.40. The second kappa shape index (κ2) is 7.21. The van der Waals surface area contributed by atoms with Crippen molar-refractivity contribution in [2.24, 2.45) is 0 Å². The summed E-state index contributed by atoms with van der Waals surface area (Å²) in [6.07, 6.45) is 1.65. The van der Waals surface area contributed by atoms with Crippen molar-refractivity contribution in [2.75, 3.05) is 17.7 Å². The van der Waals surface area contributed by atoms with Gasteiger partial charge in [-0.25, -0.2) is 15.0 Å². The first-order valence-electron chi connectivity index (χ1n) is 9.67. The highest BCUT2D eigenvalue weighted by molar-refractivity contribution is 6.18. The molecular weight excluding hydrogens is 394 g/mol. The second-order valence-electron chi connectivity index (χ2n) is 7.75. The molecule has 2 fully saturated rings. The summed E-state index contributed by atoms with van der Waals surface area (Å²) in [5.74, 6) is 0.725. The Morgan fingerprint density at radius 2 is 1.93 bits per heavy atom. The lowest BCUT2D eigenvalue weighted by Gasteiger charge is -2.18. The van der Waals surface area contributed by atoms with Gasteiger partial charge in [-0.2, -0.15) is 0 Å². The van der Waals surface area contributed by atoms with Crippen molar-refractivity contribution in [1.29, 1.82) is 0 Å². The number of alkyl halides is 1. The molecule has 8 nitrogen and oxygen atoms in total. The summed E-state index contributed by atoms with van der Waals surface area (Å²) in [7, 11) is 0.